The molecule has 1 aliphatic heterocycles. The third-order valence-electron chi connectivity index (χ3n) is 3.94. The molecule has 0 bridgehead atoms. The normalized spacial score (nSPS) is 14.1. The Balaban J connectivity index is 1.56. The van der Waals surface area contributed by atoms with Crippen molar-refractivity contribution in [3.63, 3.8) is 0 Å². The molecule has 1 saturated heterocycles. The Labute approximate surface area is 155 Å². The Morgan fingerprint density at radius 1 is 1.12 bits per heavy atom. The van der Waals surface area contributed by atoms with Crippen molar-refractivity contribution in [3.05, 3.63) is 52.1 Å². The van der Waals surface area contributed by atoms with Crippen LogP contribution in [0, 0.1) is 11.3 Å². The number of amides is 2. The number of anilines is 2. The van der Waals surface area contributed by atoms with Crippen LogP contribution >= 0.6 is 23.2 Å². The predicted octanol–water partition coefficient (Wildman–Crippen LogP) is 3.61. The van der Waals surface area contributed by atoms with E-state index in [0.717, 1.165) is 5.82 Å². The summed E-state index contributed by atoms with van der Waals surface area (Å²) < 4.78 is 0. The number of hydrogen-bond donors (Lipinski definition) is 1. The predicted molar refractivity (Wildman–Crippen MR) is 98.2 cm³/mol. The average Bonchev–Trinajstić information content (AvgIpc) is 2.65. The highest BCUT2D eigenvalue weighted by atomic mass is 35.5. The van der Waals surface area contributed by atoms with E-state index in [2.05, 4.69) is 15.2 Å². The van der Waals surface area contributed by atoms with Crippen LogP contribution in [0.3, 0.4) is 0 Å². The summed E-state index contributed by atoms with van der Waals surface area (Å²) in [4.78, 5) is 20.5. The molecular formula is C17H15Cl2N5O. The van der Waals surface area contributed by atoms with Gasteiger partial charge >= 0.3 is 6.03 Å². The number of aromatic nitrogens is 1. The van der Waals surface area contributed by atoms with Crippen LogP contribution in [0.15, 0.2) is 36.5 Å². The van der Waals surface area contributed by atoms with Gasteiger partial charge in [-0.25, -0.2) is 9.78 Å². The first-order valence-electron chi connectivity index (χ1n) is 7.69. The maximum absolute atomic E-state index is 12.4. The van der Waals surface area contributed by atoms with Gasteiger partial charge in [0.05, 0.1) is 15.6 Å². The first-order chi connectivity index (χ1) is 12.1. The lowest BCUT2D eigenvalue weighted by Crippen LogP contribution is -2.50. The van der Waals surface area contributed by atoms with Gasteiger partial charge in [0.1, 0.15) is 11.9 Å². The SMILES string of the molecule is N#Cc1ccc(N2CCN(C(=O)Nc3ccc(Cl)c(Cl)c3)CC2)nc1. The maximum Gasteiger partial charge on any atom is 0.321 e. The van der Waals surface area contributed by atoms with Gasteiger partial charge in [-0.2, -0.15) is 5.26 Å². The molecule has 2 heterocycles. The minimum atomic E-state index is -0.175. The van der Waals surface area contributed by atoms with Crippen molar-refractivity contribution in [1.29, 1.82) is 5.26 Å². The minimum Gasteiger partial charge on any atom is -0.353 e. The quantitative estimate of drug-likeness (QED) is 0.869. The summed E-state index contributed by atoms with van der Waals surface area (Å²) in [6.45, 7) is 2.51. The van der Waals surface area contributed by atoms with Crippen molar-refractivity contribution in [1.82, 2.24) is 9.88 Å². The molecule has 2 aromatic rings. The van der Waals surface area contributed by atoms with Crippen LogP contribution < -0.4 is 10.2 Å². The number of nitrogens with zero attached hydrogens (tertiary/aromatic N) is 4. The summed E-state index contributed by atoms with van der Waals surface area (Å²) in [6.07, 6.45) is 1.55. The number of benzene rings is 1. The number of pyridine rings is 1. The Kier molecular flexibility index (Phi) is 5.27. The van der Waals surface area contributed by atoms with Gasteiger partial charge in [-0.15, -0.1) is 0 Å². The Bertz CT molecular complexity index is 811. The van der Waals surface area contributed by atoms with Crippen LogP contribution in [-0.2, 0) is 0 Å². The van der Waals surface area contributed by atoms with Gasteiger partial charge in [-0.05, 0) is 30.3 Å². The highest BCUT2D eigenvalue weighted by Gasteiger charge is 2.22. The lowest BCUT2D eigenvalue weighted by molar-refractivity contribution is 0.208. The molecular weight excluding hydrogens is 361 g/mol. The number of halogens is 2. The average molecular weight is 376 g/mol. The second kappa shape index (κ2) is 7.60. The van der Waals surface area contributed by atoms with E-state index in [1.165, 1.54) is 0 Å². The Morgan fingerprint density at radius 3 is 2.48 bits per heavy atom. The van der Waals surface area contributed by atoms with Gasteiger partial charge in [0.25, 0.3) is 0 Å². The van der Waals surface area contributed by atoms with E-state index in [1.54, 1.807) is 35.4 Å². The summed E-state index contributed by atoms with van der Waals surface area (Å²) >= 11 is 11.8. The summed E-state index contributed by atoms with van der Waals surface area (Å²) in [5.74, 6) is 0.809. The largest absolute Gasteiger partial charge is 0.353 e. The van der Waals surface area contributed by atoms with E-state index < -0.39 is 0 Å². The number of carbonyl (C=O) groups excluding carboxylic acids is 1. The smallest absolute Gasteiger partial charge is 0.321 e. The second-order valence-corrected chi connectivity index (χ2v) is 6.36. The Morgan fingerprint density at radius 2 is 1.88 bits per heavy atom. The number of urea groups is 1. The van der Waals surface area contributed by atoms with E-state index in [9.17, 15) is 4.79 Å². The fourth-order valence-corrected chi connectivity index (χ4v) is 2.85. The first-order valence-corrected chi connectivity index (χ1v) is 8.44. The van der Waals surface area contributed by atoms with E-state index in [-0.39, 0.29) is 6.03 Å². The molecule has 0 saturated carbocycles. The van der Waals surface area contributed by atoms with Gasteiger partial charge < -0.3 is 15.1 Å². The molecule has 0 unspecified atom stereocenters. The van der Waals surface area contributed by atoms with E-state index in [1.807, 2.05) is 12.1 Å². The molecule has 6 nitrogen and oxygen atoms in total. The zero-order chi connectivity index (χ0) is 17.8. The molecule has 1 N–H and O–H groups in total. The minimum absolute atomic E-state index is 0.175. The van der Waals surface area contributed by atoms with Gasteiger partial charge in [0.2, 0.25) is 0 Å². The van der Waals surface area contributed by atoms with Crippen molar-refractivity contribution < 1.29 is 4.79 Å². The molecule has 3 rings (SSSR count). The highest BCUT2D eigenvalue weighted by Crippen LogP contribution is 2.25. The molecule has 1 aromatic carbocycles. The van der Waals surface area contributed by atoms with Crippen LogP contribution in [0.5, 0.6) is 0 Å². The molecule has 128 valence electrons. The molecule has 0 spiro atoms. The second-order valence-electron chi connectivity index (χ2n) is 5.55. The van der Waals surface area contributed by atoms with E-state index >= 15 is 0 Å². The number of hydrogen-bond acceptors (Lipinski definition) is 4. The van der Waals surface area contributed by atoms with Crippen LogP contribution in [0.2, 0.25) is 10.0 Å². The summed E-state index contributed by atoms with van der Waals surface area (Å²) in [5.41, 5.74) is 1.14. The Hall–Kier alpha value is -2.49. The first kappa shape index (κ1) is 17.3. The van der Waals surface area contributed by atoms with Crippen molar-refractivity contribution in [2.75, 3.05) is 36.4 Å². The fourth-order valence-electron chi connectivity index (χ4n) is 2.55. The lowest BCUT2D eigenvalue weighted by atomic mass is 10.2. The van der Waals surface area contributed by atoms with Crippen molar-refractivity contribution >= 4 is 40.7 Å². The third-order valence-corrected chi connectivity index (χ3v) is 4.68. The topological polar surface area (TPSA) is 72.3 Å². The van der Waals surface area contributed by atoms with Crippen LogP contribution in [-0.4, -0.2) is 42.1 Å². The zero-order valence-corrected chi connectivity index (χ0v) is 14.8. The fraction of sp³-hybridized carbons (Fsp3) is 0.235. The maximum atomic E-state index is 12.4. The number of nitriles is 1. The molecule has 0 aliphatic carbocycles. The van der Waals surface area contributed by atoms with Crippen molar-refractivity contribution in [3.8, 4) is 6.07 Å². The number of piperazine rings is 1. The molecule has 1 fully saturated rings. The van der Waals surface area contributed by atoms with Crippen LogP contribution in [0.25, 0.3) is 0 Å². The van der Waals surface area contributed by atoms with Crippen LogP contribution in [0.1, 0.15) is 5.56 Å². The molecule has 2 amide bonds. The number of nitrogens with one attached hydrogen (secondary N) is 1. The molecule has 0 radical (unpaired) electrons. The van der Waals surface area contributed by atoms with Gasteiger partial charge in [-0.3, -0.25) is 0 Å². The summed E-state index contributed by atoms with van der Waals surface area (Å²) in [5, 5.41) is 12.5. The molecule has 25 heavy (non-hydrogen) atoms. The zero-order valence-electron chi connectivity index (χ0n) is 13.2. The van der Waals surface area contributed by atoms with Crippen molar-refractivity contribution in [2.45, 2.75) is 0 Å². The van der Waals surface area contributed by atoms with E-state index in [4.69, 9.17) is 28.5 Å². The van der Waals surface area contributed by atoms with Gasteiger partial charge in [0.15, 0.2) is 0 Å². The lowest BCUT2D eigenvalue weighted by Gasteiger charge is -2.35. The summed E-state index contributed by atoms with van der Waals surface area (Å²) in [7, 11) is 0. The van der Waals surface area contributed by atoms with Crippen molar-refractivity contribution in [2.24, 2.45) is 0 Å². The van der Waals surface area contributed by atoms with Gasteiger partial charge in [0, 0.05) is 38.1 Å². The monoisotopic (exact) mass is 375 g/mol. The van der Waals surface area contributed by atoms with Crippen LogP contribution in [0.4, 0.5) is 16.3 Å². The molecule has 0 atom stereocenters. The van der Waals surface area contributed by atoms with E-state index in [0.29, 0.717) is 47.5 Å². The number of carbonyl (C=O) groups is 1. The summed E-state index contributed by atoms with van der Waals surface area (Å²) in [6, 6.07) is 10.4. The third kappa shape index (κ3) is 4.13. The van der Waals surface area contributed by atoms with Gasteiger partial charge in [-0.1, -0.05) is 23.2 Å². The molecule has 8 heteroatoms. The molecule has 1 aliphatic rings. The highest BCUT2D eigenvalue weighted by molar-refractivity contribution is 6.42. The standard InChI is InChI=1S/C17H15Cl2N5O/c18-14-3-2-13(9-15(14)19)22-17(25)24-7-5-23(6-8-24)16-4-1-12(10-20)11-21-16/h1-4,9,11H,5-8H2,(H,22,25). The number of rotatable bonds is 2. The molecule has 1 aromatic heterocycles.